The molecule has 1 aromatic heterocycles. The van der Waals surface area contributed by atoms with Gasteiger partial charge in [-0.1, -0.05) is 0 Å². The van der Waals surface area contributed by atoms with E-state index in [9.17, 15) is 4.21 Å². The van der Waals surface area contributed by atoms with Gasteiger partial charge in [-0.05, 0) is 27.2 Å². The van der Waals surface area contributed by atoms with Crippen molar-refractivity contribution in [2.24, 2.45) is 0 Å². The molecule has 1 heterocycles. The van der Waals surface area contributed by atoms with Gasteiger partial charge in [0.2, 0.25) is 0 Å². The normalized spacial score (nSPS) is 14.0. The van der Waals surface area contributed by atoms with Crippen LogP contribution in [0.3, 0.4) is 0 Å². The van der Waals surface area contributed by atoms with Gasteiger partial charge in [-0.2, -0.15) is 0 Å². The summed E-state index contributed by atoms with van der Waals surface area (Å²) >= 11 is 0. The lowest BCUT2D eigenvalue weighted by Gasteiger charge is -2.15. The number of aromatic nitrogens is 2. The molecule has 2 atom stereocenters. The summed E-state index contributed by atoms with van der Waals surface area (Å²) in [6, 6.07) is 2.15. The third-order valence-electron chi connectivity index (χ3n) is 2.43. The second kappa shape index (κ2) is 7.31. The highest BCUT2D eigenvalue weighted by molar-refractivity contribution is 7.84. The molecule has 102 valence electrons. The fourth-order valence-corrected chi connectivity index (χ4v) is 2.27. The lowest BCUT2D eigenvalue weighted by molar-refractivity contribution is 0.678. The third kappa shape index (κ3) is 5.44. The van der Waals surface area contributed by atoms with Gasteiger partial charge in [0.15, 0.2) is 0 Å². The molecule has 0 saturated carbocycles. The largest absolute Gasteiger partial charge is 0.370 e. The van der Waals surface area contributed by atoms with Crippen LogP contribution in [0.2, 0.25) is 0 Å². The van der Waals surface area contributed by atoms with Crippen molar-refractivity contribution in [1.82, 2.24) is 9.97 Å². The first kappa shape index (κ1) is 14.9. The van der Waals surface area contributed by atoms with Crippen molar-refractivity contribution in [3.63, 3.8) is 0 Å². The van der Waals surface area contributed by atoms with Gasteiger partial charge in [0, 0.05) is 41.5 Å². The van der Waals surface area contributed by atoms with Crippen LogP contribution in [0.5, 0.6) is 0 Å². The Morgan fingerprint density at radius 3 is 2.67 bits per heavy atom. The van der Waals surface area contributed by atoms with Crippen LogP contribution in [0, 0.1) is 6.92 Å². The molecule has 0 bridgehead atoms. The van der Waals surface area contributed by atoms with E-state index < -0.39 is 10.8 Å². The first-order valence-electron chi connectivity index (χ1n) is 6.17. The quantitative estimate of drug-likeness (QED) is 0.790. The summed E-state index contributed by atoms with van der Waals surface area (Å²) in [5.74, 6) is 3.09. The molecule has 0 aliphatic heterocycles. The monoisotopic (exact) mass is 270 g/mol. The van der Waals surface area contributed by atoms with Gasteiger partial charge in [0.05, 0.1) is 0 Å². The number of anilines is 2. The second-order valence-corrected chi connectivity index (χ2v) is 5.88. The van der Waals surface area contributed by atoms with E-state index in [0.717, 1.165) is 30.4 Å². The molecular weight excluding hydrogens is 248 g/mol. The predicted octanol–water partition coefficient (Wildman–Crippen LogP) is 1.79. The van der Waals surface area contributed by atoms with Crippen LogP contribution in [-0.2, 0) is 10.8 Å². The van der Waals surface area contributed by atoms with E-state index >= 15 is 0 Å². The van der Waals surface area contributed by atoms with Gasteiger partial charge in [-0.3, -0.25) is 4.21 Å². The van der Waals surface area contributed by atoms with E-state index in [1.807, 2.05) is 19.9 Å². The Balaban J connectivity index is 2.62. The summed E-state index contributed by atoms with van der Waals surface area (Å²) in [6.07, 6.45) is 2.59. The highest BCUT2D eigenvalue weighted by Crippen LogP contribution is 2.12. The molecule has 6 heteroatoms. The number of nitrogens with zero attached hydrogens (tertiary/aromatic N) is 2. The second-order valence-electron chi connectivity index (χ2n) is 4.33. The maximum atomic E-state index is 11.0. The van der Waals surface area contributed by atoms with E-state index in [2.05, 4.69) is 27.5 Å². The summed E-state index contributed by atoms with van der Waals surface area (Å²) in [5, 5.41) is 6.48. The minimum Gasteiger partial charge on any atom is -0.370 e. The Morgan fingerprint density at radius 1 is 1.39 bits per heavy atom. The van der Waals surface area contributed by atoms with Crippen molar-refractivity contribution in [1.29, 1.82) is 0 Å². The van der Waals surface area contributed by atoms with Gasteiger partial charge >= 0.3 is 0 Å². The summed E-state index contributed by atoms with van der Waals surface area (Å²) in [4.78, 5) is 8.64. The highest BCUT2D eigenvalue weighted by atomic mass is 32.2. The molecule has 0 aromatic carbocycles. The predicted molar refractivity (Wildman–Crippen MR) is 77.6 cm³/mol. The van der Waals surface area contributed by atoms with Gasteiger partial charge < -0.3 is 10.6 Å². The lowest BCUT2D eigenvalue weighted by Crippen LogP contribution is -2.19. The van der Waals surface area contributed by atoms with Gasteiger partial charge in [0.1, 0.15) is 17.5 Å². The molecule has 5 nitrogen and oxygen atoms in total. The van der Waals surface area contributed by atoms with E-state index in [1.54, 1.807) is 6.26 Å². The van der Waals surface area contributed by atoms with Crippen LogP contribution in [0.4, 0.5) is 11.6 Å². The fourth-order valence-electron chi connectivity index (χ4n) is 1.58. The van der Waals surface area contributed by atoms with E-state index in [-0.39, 0.29) is 6.04 Å². The van der Waals surface area contributed by atoms with Crippen LogP contribution in [0.15, 0.2) is 6.07 Å². The zero-order valence-electron chi connectivity index (χ0n) is 11.5. The smallest absolute Gasteiger partial charge is 0.132 e. The molecule has 2 unspecified atom stereocenters. The first-order chi connectivity index (χ1) is 8.51. The van der Waals surface area contributed by atoms with E-state index in [0.29, 0.717) is 5.75 Å². The third-order valence-corrected chi connectivity index (χ3v) is 3.24. The summed E-state index contributed by atoms with van der Waals surface area (Å²) in [6.45, 7) is 6.80. The summed E-state index contributed by atoms with van der Waals surface area (Å²) < 4.78 is 11.0. The summed E-state index contributed by atoms with van der Waals surface area (Å²) in [5.41, 5.74) is 0. The minimum absolute atomic E-state index is 0.248. The van der Waals surface area contributed by atoms with Gasteiger partial charge in [-0.15, -0.1) is 0 Å². The molecule has 0 aliphatic rings. The Kier molecular flexibility index (Phi) is 6.04. The zero-order valence-corrected chi connectivity index (χ0v) is 12.3. The SMILES string of the molecule is CCNc1cc(NC(C)CCS(C)=O)nc(C)n1. The number of rotatable bonds is 7. The highest BCUT2D eigenvalue weighted by Gasteiger charge is 2.06. The molecule has 0 radical (unpaired) electrons. The van der Waals surface area contributed by atoms with Gasteiger partial charge in [0.25, 0.3) is 0 Å². The van der Waals surface area contributed by atoms with Crippen molar-refractivity contribution < 1.29 is 4.21 Å². The van der Waals surface area contributed by atoms with Crippen LogP contribution in [0.1, 0.15) is 26.1 Å². The standard InChI is InChI=1S/C12H22N4OS/c1-5-13-11-8-12(16-10(3)15-11)14-9(2)6-7-18(4)17/h8-9H,5-7H2,1-4H3,(H2,13,14,15,16). The van der Waals surface area contributed by atoms with Crippen molar-refractivity contribution in [3.05, 3.63) is 11.9 Å². The van der Waals surface area contributed by atoms with Crippen molar-refractivity contribution >= 4 is 22.4 Å². The summed E-state index contributed by atoms with van der Waals surface area (Å²) in [7, 11) is -0.741. The van der Waals surface area contributed by atoms with Crippen LogP contribution in [-0.4, -0.2) is 38.8 Å². The van der Waals surface area contributed by atoms with Gasteiger partial charge in [-0.25, -0.2) is 9.97 Å². The van der Waals surface area contributed by atoms with Crippen LogP contribution in [0.25, 0.3) is 0 Å². The fraction of sp³-hybridized carbons (Fsp3) is 0.667. The van der Waals surface area contributed by atoms with Crippen molar-refractivity contribution in [2.45, 2.75) is 33.2 Å². The molecule has 0 aliphatic carbocycles. The van der Waals surface area contributed by atoms with E-state index in [4.69, 9.17) is 0 Å². The van der Waals surface area contributed by atoms with E-state index in [1.165, 1.54) is 0 Å². The first-order valence-corrected chi connectivity index (χ1v) is 7.90. The maximum absolute atomic E-state index is 11.0. The van der Waals surface area contributed by atoms with Crippen LogP contribution < -0.4 is 10.6 Å². The molecule has 0 fully saturated rings. The van der Waals surface area contributed by atoms with Crippen LogP contribution >= 0.6 is 0 Å². The Morgan fingerprint density at radius 2 is 2.06 bits per heavy atom. The molecule has 0 spiro atoms. The number of hydrogen-bond donors (Lipinski definition) is 2. The number of hydrogen-bond acceptors (Lipinski definition) is 5. The lowest BCUT2D eigenvalue weighted by atomic mass is 10.2. The van der Waals surface area contributed by atoms with Crippen molar-refractivity contribution in [2.75, 3.05) is 29.2 Å². The molecule has 1 rings (SSSR count). The average Bonchev–Trinajstić information content (AvgIpc) is 2.26. The molecule has 0 amide bonds. The molecule has 18 heavy (non-hydrogen) atoms. The number of aryl methyl sites for hydroxylation is 1. The molecule has 2 N–H and O–H groups in total. The van der Waals surface area contributed by atoms with Crippen molar-refractivity contribution in [3.8, 4) is 0 Å². The maximum Gasteiger partial charge on any atom is 0.132 e. The Bertz CT molecular complexity index is 411. The number of nitrogens with one attached hydrogen (secondary N) is 2. The Labute approximate surface area is 111 Å². The Hall–Kier alpha value is -1.17. The molecular formula is C12H22N4OS. The topological polar surface area (TPSA) is 66.9 Å². The molecule has 1 aromatic rings. The minimum atomic E-state index is -0.741. The average molecular weight is 270 g/mol. The zero-order chi connectivity index (χ0) is 13.5. The molecule has 0 saturated heterocycles.